The molecule has 0 spiro atoms. The number of aliphatic hydroxyl groups is 2. The predicted octanol–water partition coefficient (Wildman–Crippen LogP) is 11.2. The minimum absolute atomic E-state index is 0.0636. The van der Waals surface area contributed by atoms with Crippen molar-refractivity contribution in [1.29, 1.82) is 0 Å². The van der Waals surface area contributed by atoms with Gasteiger partial charge in [-0.2, -0.15) is 0 Å². The van der Waals surface area contributed by atoms with Crippen LogP contribution in [0.3, 0.4) is 0 Å². The minimum atomic E-state index is -0.247. The number of amides is 2. The minimum Gasteiger partial charge on any atom is -0.393 e. The van der Waals surface area contributed by atoms with Crippen molar-refractivity contribution in [2.24, 2.45) is 40.4 Å². The molecule has 4 fully saturated rings. The van der Waals surface area contributed by atoms with Crippen LogP contribution < -0.4 is 5.32 Å². The summed E-state index contributed by atoms with van der Waals surface area (Å²) in [6, 6.07) is 0.0636. The molecule has 1 saturated heterocycles. The normalized spacial score (nSPS) is 33.1. The zero-order valence-corrected chi connectivity index (χ0v) is 36.3. The maximum absolute atomic E-state index is 13.1. The van der Waals surface area contributed by atoms with Gasteiger partial charge in [-0.1, -0.05) is 108 Å². The Morgan fingerprint density at radius 1 is 0.839 bits per heavy atom. The van der Waals surface area contributed by atoms with Crippen molar-refractivity contribution >= 4 is 11.8 Å². The summed E-state index contributed by atoms with van der Waals surface area (Å²) < 4.78 is 0. The van der Waals surface area contributed by atoms with Crippen molar-refractivity contribution in [1.82, 2.24) is 10.2 Å². The molecule has 1 heterocycles. The predicted molar refractivity (Wildman–Crippen MR) is 234 cm³/mol. The molecule has 0 aromatic rings. The quantitative estimate of drug-likeness (QED) is 0.0755. The van der Waals surface area contributed by atoms with Gasteiger partial charge in [-0.05, 0) is 150 Å². The highest BCUT2D eigenvalue weighted by Gasteiger charge is 2.53. The maximum atomic E-state index is 13.1. The first-order chi connectivity index (χ1) is 27.0. The second-order valence-electron chi connectivity index (χ2n) is 18.8. The number of carbonyl (C=O) groups is 2. The Kier molecular flexibility index (Phi) is 19.7. The fraction of sp³-hybridized carbons (Fsp3) is 0.760. The monoisotopic (exact) mass is 775 g/mol. The van der Waals surface area contributed by atoms with Gasteiger partial charge in [0.1, 0.15) is 0 Å². The van der Waals surface area contributed by atoms with Crippen LogP contribution in [0, 0.1) is 40.4 Å². The molecule has 4 aliphatic rings. The van der Waals surface area contributed by atoms with E-state index >= 15 is 0 Å². The van der Waals surface area contributed by atoms with Crippen molar-refractivity contribution in [2.75, 3.05) is 13.1 Å². The topological polar surface area (TPSA) is 89.9 Å². The average molecular weight is 775 g/mol. The Labute approximate surface area is 342 Å². The Morgan fingerprint density at radius 3 is 2.16 bits per heavy atom. The number of aliphatic hydroxyl groups excluding tert-OH is 2. The lowest BCUT2D eigenvalue weighted by Gasteiger charge is -2.57. The van der Waals surface area contributed by atoms with Gasteiger partial charge in [0, 0.05) is 32.0 Å². The van der Waals surface area contributed by atoms with E-state index in [4.69, 9.17) is 0 Å². The summed E-state index contributed by atoms with van der Waals surface area (Å²) >= 11 is 0. The van der Waals surface area contributed by atoms with Gasteiger partial charge in [-0.3, -0.25) is 9.59 Å². The van der Waals surface area contributed by atoms with Gasteiger partial charge >= 0.3 is 0 Å². The SMILES string of the molecule is CCC=CCC=CCC=CCC=CCC=CCCCC(=O)N1CCC(NC(=O)CCC(C)C2CCCC2(C)CCC2CC(O)C(CC)C3CC(O)CCC23C)C1. The molecule has 6 nitrogen and oxygen atoms in total. The Hall–Kier alpha value is -2.44. The molecule has 6 heteroatoms. The number of hydrogen-bond acceptors (Lipinski definition) is 4. The number of nitrogens with zero attached hydrogens (tertiary/aromatic N) is 1. The standard InChI is InChI=1S/C50H82N2O4/c1-6-8-9-10-11-12-13-14-15-16-17-18-19-20-21-22-23-26-48(56)52-35-31-41(38-52)51-47(55)28-27-39(3)44-25-24-32-49(44,4)33-29-40-36-46(54)43(7-2)45-37-42(53)30-34-50(40,45)5/h8-9,11-12,14-15,17-18,20-21,39-46,53-54H,6-7,10,13,16,19,22-38H2,1-5H3,(H,51,55). The molecule has 2 amide bonds. The number of allylic oxidation sites excluding steroid dienone is 10. The molecule has 3 saturated carbocycles. The third-order valence-electron chi connectivity index (χ3n) is 14.9. The fourth-order valence-electron chi connectivity index (χ4n) is 11.4. The third kappa shape index (κ3) is 13.8. The summed E-state index contributed by atoms with van der Waals surface area (Å²) in [4.78, 5) is 28.0. The first-order valence-corrected chi connectivity index (χ1v) is 23.2. The van der Waals surface area contributed by atoms with Crippen LogP contribution in [-0.4, -0.2) is 58.3 Å². The Bertz CT molecular complexity index is 1330. The molecule has 4 rings (SSSR count). The van der Waals surface area contributed by atoms with Gasteiger partial charge in [0.2, 0.25) is 11.8 Å². The largest absolute Gasteiger partial charge is 0.393 e. The summed E-state index contributed by atoms with van der Waals surface area (Å²) in [6.45, 7) is 13.1. The van der Waals surface area contributed by atoms with E-state index in [0.29, 0.717) is 49.0 Å². The van der Waals surface area contributed by atoms with Crippen LogP contribution in [-0.2, 0) is 9.59 Å². The molecule has 0 aromatic carbocycles. The number of hydrogen-bond donors (Lipinski definition) is 3. The molecule has 3 N–H and O–H groups in total. The average Bonchev–Trinajstić information content (AvgIpc) is 3.81. The number of nitrogens with one attached hydrogen (secondary N) is 1. The van der Waals surface area contributed by atoms with Crippen LogP contribution in [0.4, 0.5) is 0 Å². The van der Waals surface area contributed by atoms with E-state index in [0.717, 1.165) is 103 Å². The fourth-order valence-corrected chi connectivity index (χ4v) is 11.4. The van der Waals surface area contributed by atoms with Crippen LogP contribution in [0.15, 0.2) is 60.8 Å². The van der Waals surface area contributed by atoms with E-state index in [1.54, 1.807) is 0 Å². The van der Waals surface area contributed by atoms with Gasteiger partial charge in [0.05, 0.1) is 12.2 Å². The van der Waals surface area contributed by atoms with Gasteiger partial charge in [0.25, 0.3) is 0 Å². The lowest BCUT2D eigenvalue weighted by Crippen LogP contribution is -2.53. The van der Waals surface area contributed by atoms with E-state index in [9.17, 15) is 19.8 Å². The van der Waals surface area contributed by atoms with Gasteiger partial charge in [-0.15, -0.1) is 0 Å². The van der Waals surface area contributed by atoms with Crippen LogP contribution >= 0.6 is 0 Å². The maximum Gasteiger partial charge on any atom is 0.222 e. The molecular formula is C50H82N2O4. The summed E-state index contributed by atoms with van der Waals surface area (Å²) in [5.74, 6) is 2.70. The van der Waals surface area contributed by atoms with E-state index < -0.39 is 0 Å². The van der Waals surface area contributed by atoms with Crippen molar-refractivity contribution in [2.45, 2.75) is 188 Å². The van der Waals surface area contributed by atoms with E-state index in [-0.39, 0.29) is 40.9 Å². The molecule has 0 aromatic heterocycles. The highest BCUT2D eigenvalue weighted by molar-refractivity contribution is 5.78. The van der Waals surface area contributed by atoms with Crippen LogP contribution in [0.1, 0.15) is 169 Å². The highest BCUT2D eigenvalue weighted by atomic mass is 16.3. The first kappa shape index (κ1) is 46.3. The van der Waals surface area contributed by atoms with Crippen LogP contribution in [0.5, 0.6) is 0 Å². The Morgan fingerprint density at radius 2 is 1.50 bits per heavy atom. The number of rotatable bonds is 22. The van der Waals surface area contributed by atoms with Gasteiger partial charge < -0.3 is 20.4 Å². The zero-order valence-electron chi connectivity index (χ0n) is 36.3. The van der Waals surface area contributed by atoms with E-state index in [1.807, 2.05) is 4.90 Å². The van der Waals surface area contributed by atoms with Gasteiger partial charge in [-0.25, -0.2) is 0 Å². The smallest absolute Gasteiger partial charge is 0.222 e. The van der Waals surface area contributed by atoms with Crippen molar-refractivity contribution in [3.8, 4) is 0 Å². The number of carbonyl (C=O) groups excluding carboxylic acids is 2. The number of unbranched alkanes of at least 4 members (excludes halogenated alkanes) is 1. The molecule has 316 valence electrons. The highest BCUT2D eigenvalue weighted by Crippen LogP contribution is 2.59. The lowest BCUT2D eigenvalue weighted by atomic mass is 9.49. The second kappa shape index (κ2) is 23.8. The Balaban J connectivity index is 1.09. The number of likely N-dealkylation sites (tertiary alicyclic amines) is 1. The summed E-state index contributed by atoms with van der Waals surface area (Å²) in [5, 5.41) is 25.0. The first-order valence-electron chi connectivity index (χ1n) is 23.2. The van der Waals surface area contributed by atoms with Crippen molar-refractivity contribution in [3.63, 3.8) is 0 Å². The van der Waals surface area contributed by atoms with Crippen molar-refractivity contribution in [3.05, 3.63) is 60.8 Å². The number of fused-ring (bicyclic) bond motifs is 1. The molecule has 56 heavy (non-hydrogen) atoms. The summed E-state index contributed by atoms with van der Waals surface area (Å²) in [6.07, 6.45) is 42.1. The van der Waals surface area contributed by atoms with Gasteiger partial charge in [0.15, 0.2) is 0 Å². The van der Waals surface area contributed by atoms with Crippen LogP contribution in [0.2, 0.25) is 0 Å². The molecule has 3 aliphatic carbocycles. The molecule has 1 aliphatic heterocycles. The molecular weight excluding hydrogens is 693 g/mol. The molecule has 0 radical (unpaired) electrons. The second-order valence-corrected chi connectivity index (χ2v) is 18.8. The van der Waals surface area contributed by atoms with E-state index in [2.05, 4.69) is 101 Å². The van der Waals surface area contributed by atoms with E-state index in [1.165, 1.54) is 25.7 Å². The van der Waals surface area contributed by atoms with Crippen molar-refractivity contribution < 1.29 is 19.8 Å². The lowest BCUT2D eigenvalue weighted by molar-refractivity contribution is -0.130. The molecule has 10 unspecified atom stereocenters. The third-order valence-corrected chi connectivity index (χ3v) is 14.9. The molecule has 10 atom stereocenters. The zero-order chi connectivity index (χ0) is 40.4. The van der Waals surface area contributed by atoms with Crippen LogP contribution in [0.25, 0.3) is 0 Å². The summed E-state index contributed by atoms with van der Waals surface area (Å²) in [7, 11) is 0. The molecule has 0 bridgehead atoms. The summed E-state index contributed by atoms with van der Waals surface area (Å²) in [5.41, 5.74) is 0.493.